The summed E-state index contributed by atoms with van der Waals surface area (Å²) in [5, 5.41) is 0. The standard InChI is InChI=1S/C3H9OPS/c1-3-4-5(2)6/h6H,3H2,1-2H3. The van der Waals surface area contributed by atoms with E-state index < -0.39 is 7.35 Å². The van der Waals surface area contributed by atoms with Crippen molar-refractivity contribution in [1.82, 2.24) is 0 Å². The van der Waals surface area contributed by atoms with Crippen molar-refractivity contribution in [2.45, 2.75) is 6.92 Å². The molecule has 0 saturated heterocycles. The van der Waals surface area contributed by atoms with E-state index in [4.69, 9.17) is 4.52 Å². The summed E-state index contributed by atoms with van der Waals surface area (Å²) in [6, 6.07) is 0. The smallest absolute Gasteiger partial charge is 0.0823 e. The molecule has 0 N–H and O–H groups in total. The summed E-state index contributed by atoms with van der Waals surface area (Å²) in [6.45, 7) is 4.71. The minimum Gasteiger partial charge on any atom is -0.349 e. The molecule has 0 amide bonds. The Balaban J connectivity index is 2.63. The maximum absolute atomic E-state index is 4.97. The van der Waals surface area contributed by atoms with Crippen LogP contribution in [0.25, 0.3) is 0 Å². The summed E-state index contributed by atoms with van der Waals surface area (Å²) in [4.78, 5) is 0. The predicted octanol–water partition coefficient (Wildman–Crippen LogP) is 1.89. The first-order valence-electron chi connectivity index (χ1n) is 1.83. The third kappa shape index (κ3) is 4.74. The third-order valence-electron chi connectivity index (χ3n) is 0.316. The van der Waals surface area contributed by atoms with Crippen molar-refractivity contribution in [2.75, 3.05) is 13.3 Å². The topological polar surface area (TPSA) is 9.23 Å². The molecule has 0 aliphatic rings. The van der Waals surface area contributed by atoms with Gasteiger partial charge >= 0.3 is 0 Å². The average molecular weight is 124 g/mol. The monoisotopic (exact) mass is 124 g/mol. The lowest BCUT2D eigenvalue weighted by Crippen LogP contribution is -1.73. The van der Waals surface area contributed by atoms with Crippen molar-refractivity contribution in [3.63, 3.8) is 0 Å². The zero-order valence-corrected chi connectivity index (χ0v) is 5.80. The molecule has 0 aromatic carbocycles. The second kappa shape index (κ2) is 3.91. The summed E-state index contributed by atoms with van der Waals surface area (Å²) >= 11 is 4.02. The maximum Gasteiger partial charge on any atom is 0.0823 e. The number of hydrogen-bond donors (Lipinski definition) is 1. The number of rotatable bonds is 2. The highest BCUT2D eigenvalue weighted by atomic mass is 32.7. The van der Waals surface area contributed by atoms with Crippen LogP contribution in [0.3, 0.4) is 0 Å². The Hall–Kier alpha value is 0.740. The molecule has 1 nitrogen and oxygen atoms in total. The zero-order valence-electron chi connectivity index (χ0n) is 4.01. The van der Waals surface area contributed by atoms with Crippen molar-refractivity contribution in [1.29, 1.82) is 0 Å². The molecular formula is C3H9OPS. The van der Waals surface area contributed by atoms with Gasteiger partial charge in [-0.2, -0.15) is 0 Å². The lowest BCUT2D eigenvalue weighted by atomic mass is 10.9. The molecule has 1 atom stereocenters. The first-order valence-corrected chi connectivity index (χ1v) is 4.69. The SMILES string of the molecule is CCOP(C)S. The molecule has 0 aliphatic carbocycles. The second-order valence-electron chi connectivity index (χ2n) is 0.882. The van der Waals surface area contributed by atoms with E-state index in [9.17, 15) is 0 Å². The van der Waals surface area contributed by atoms with Crippen LogP contribution in [-0.2, 0) is 4.52 Å². The van der Waals surface area contributed by atoms with Crippen LogP contribution in [0, 0.1) is 0 Å². The molecule has 0 rings (SSSR count). The fraction of sp³-hybridized carbons (Fsp3) is 1.00. The fourth-order valence-corrected chi connectivity index (χ4v) is 0.907. The van der Waals surface area contributed by atoms with Gasteiger partial charge < -0.3 is 4.52 Å². The molecule has 6 heavy (non-hydrogen) atoms. The minimum atomic E-state index is -0.406. The predicted molar refractivity (Wildman–Crippen MR) is 33.5 cm³/mol. The molecule has 0 bridgehead atoms. The first kappa shape index (κ1) is 6.74. The highest BCUT2D eigenvalue weighted by Crippen LogP contribution is 2.35. The highest BCUT2D eigenvalue weighted by molar-refractivity contribution is 8.43. The Bertz CT molecular complexity index is 32.0. The summed E-state index contributed by atoms with van der Waals surface area (Å²) < 4.78 is 4.97. The van der Waals surface area contributed by atoms with Crippen LogP contribution in [0.2, 0.25) is 0 Å². The van der Waals surface area contributed by atoms with Gasteiger partial charge in [-0.25, -0.2) is 0 Å². The molecule has 0 aromatic rings. The lowest BCUT2D eigenvalue weighted by Gasteiger charge is -1.98. The van der Waals surface area contributed by atoms with E-state index in [0.29, 0.717) is 0 Å². The van der Waals surface area contributed by atoms with Crippen LogP contribution in [0.4, 0.5) is 0 Å². The maximum atomic E-state index is 4.97. The summed E-state index contributed by atoms with van der Waals surface area (Å²) in [5.74, 6) is 0. The highest BCUT2D eigenvalue weighted by Gasteiger charge is 1.85. The average Bonchev–Trinajstić information content (AvgIpc) is 1.35. The quantitative estimate of drug-likeness (QED) is 0.437. The molecule has 0 spiro atoms. The summed E-state index contributed by atoms with van der Waals surface area (Å²) in [5.41, 5.74) is 0. The van der Waals surface area contributed by atoms with Crippen molar-refractivity contribution in [3.05, 3.63) is 0 Å². The third-order valence-corrected chi connectivity index (χ3v) is 1.29. The molecule has 0 radical (unpaired) electrons. The lowest BCUT2D eigenvalue weighted by molar-refractivity contribution is 0.389. The number of hydrogen-bond acceptors (Lipinski definition) is 2. The Morgan fingerprint density at radius 2 is 2.33 bits per heavy atom. The van der Waals surface area contributed by atoms with E-state index in [2.05, 4.69) is 12.2 Å². The summed E-state index contributed by atoms with van der Waals surface area (Å²) in [7, 11) is -0.406. The van der Waals surface area contributed by atoms with E-state index >= 15 is 0 Å². The van der Waals surface area contributed by atoms with E-state index in [1.165, 1.54) is 0 Å². The molecule has 0 fully saturated rings. The molecule has 1 unspecified atom stereocenters. The van der Waals surface area contributed by atoms with Crippen LogP contribution in [0.1, 0.15) is 6.92 Å². The van der Waals surface area contributed by atoms with Gasteiger partial charge in [0.2, 0.25) is 0 Å². The van der Waals surface area contributed by atoms with Gasteiger partial charge in [0.25, 0.3) is 0 Å². The van der Waals surface area contributed by atoms with Crippen LogP contribution in [0.15, 0.2) is 0 Å². The van der Waals surface area contributed by atoms with Crippen molar-refractivity contribution < 1.29 is 4.52 Å². The molecule has 0 aliphatic heterocycles. The second-order valence-corrected chi connectivity index (χ2v) is 3.76. The largest absolute Gasteiger partial charge is 0.349 e. The van der Waals surface area contributed by atoms with E-state index in [0.717, 1.165) is 6.61 Å². The van der Waals surface area contributed by atoms with E-state index in [1.807, 2.05) is 13.6 Å². The van der Waals surface area contributed by atoms with Crippen LogP contribution >= 0.6 is 19.6 Å². The van der Waals surface area contributed by atoms with Crippen molar-refractivity contribution in [3.8, 4) is 0 Å². The Morgan fingerprint density at radius 1 is 1.83 bits per heavy atom. The molecule has 0 saturated carbocycles. The van der Waals surface area contributed by atoms with Gasteiger partial charge in [-0.3, -0.25) is 0 Å². The van der Waals surface area contributed by atoms with E-state index in [1.54, 1.807) is 0 Å². The van der Waals surface area contributed by atoms with Crippen LogP contribution in [0.5, 0.6) is 0 Å². The number of thiol groups is 1. The van der Waals surface area contributed by atoms with Gasteiger partial charge in [0.05, 0.1) is 7.35 Å². The minimum absolute atomic E-state index is 0.406. The Morgan fingerprint density at radius 3 is 2.33 bits per heavy atom. The summed E-state index contributed by atoms with van der Waals surface area (Å²) in [6.07, 6.45) is 0. The molecular weight excluding hydrogens is 115 g/mol. The van der Waals surface area contributed by atoms with Gasteiger partial charge in [-0.15, -0.1) is 12.2 Å². The molecule has 0 heterocycles. The van der Waals surface area contributed by atoms with Gasteiger partial charge in [-0.1, -0.05) is 0 Å². The van der Waals surface area contributed by atoms with Crippen molar-refractivity contribution in [2.24, 2.45) is 0 Å². The van der Waals surface area contributed by atoms with Crippen LogP contribution in [-0.4, -0.2) is 13.3 Å². The molecule has 3 heteroatoms. The van der Waals surface area contributed by atoms with Gasteiger partial charge in [0.15, 0.2) is 0 Å². The Labute approximate surface area is 45.1 Å². The normalized spacial score (nSPS) is 14.5. The molecule has 0 aromatic heterocycles. The molecule has 38 valence electrons. The van der Waals surface area contributed by atoms with Crippen molar-refractivity contribution >= 4 is 19.6 Å². The van der Waals surface area contributed by atoms with Gasteiger partial charge in [0, 0.05) is 6.61 Å². The van der Waals surface area contributed by atoms with Crippen LogP contribution < -0.4 is 0 Å². The zero-order chi connectivity index (χ0) is 4.99. The first-order chi connectivity index (χ1) is 2.77. The fourth-order valence-electron chi connectivity index (χ4n) is 0.187. The van der Waals surface area contributed by atoms with Gasteiger partial charge in [-0.05, 0) is 13.6 Å². The van der Waals surface area contributed by atoms with Gasteiger partial charge in [0.1, 0.15) is 0 Å². The Kier molecular flexibility index (Phi) is 4.40. The van der Waals surface area contributed by atoms with E-state index in [-0.39, 0.29) is 0 Å².